The molecular formula is C20H38N4O6. The van der Waals surface area contributed by atoms with Gasteiger partial charge in [-0.2, -0.15) is 0 Å². The van der Waals surface area contributed by atoms with Gasteiger partial charge in [0.1, 0.15) is 24.2 Å². The molecular weight excluding hydrogens is 392 g/mol. The first-order valence-corrected chi connectivity index (χ1v) is 10.3. The standard InChI is InChI=1S/C20H38N4O6/c1-10(2)7-14(22-17(26)13(21)9-25)18(27)24-16(12(5)6)19(28)23-15(20(29)30)8-11(3)4/h10-16,25H,7-9,21H2,1-6H3,(H,22,26)(H,23,28)(H,24,27)(H,29,30)/t13-,14-,15-,16-/m0/s1. The van der Waals surface area contributed by atoms with Gasteiger partial charge in [0.25, 0.3) is 0 Å². The monoisotopic (exact) mass is 430 g/mol. The number of carbonyl (C=O) groups is 4. The van der Waals surface area contributed by atoms with Gasteiger partial charge in [0.2, 0.25) is 17.7 Å². The molecule has 0 aliphatic rings. The molecule has 3 amide bonds. The van der Waals surface area contributed by atoms with E-state index in [0.717, 1.165) is 0 Å². The zero-order chi connectivity index (χ0) is 23.6. The number of aliphatic hydroxyl groups is 1. The summed E-state index contributed by atoms with van der Waals surface area (Å²) in [6.45, 7) is 10.3. The summed E-state index contributed by atoms with van der Waals surface area (Å²) in [5.74, 6) is -3.21. The molecule has 0 aromatic heterocycles. The number of amides is 3. The second kappa shape index (κ2) is 13.2. The molecule has 0 heterocycles. The fraction of sp³-hybridized carbons (Fsp3) is 0.800. The zero-order valence-corrected chi connectivity index (χ0v) is 18.8. The van der Waals surface area contributed by atoms with Gasteiger partial charge < -0.3 is 31.9 Å². The summed E-state index contributed by atoms with van der Waals surface area (Å²) in [5, 5.41) is 26.0. The van der Waals surface area contributed by atoms with Gasteiger partial charge >= 0.3 is 5.97 Å². The van der Waals surface area contributed by atoms with Crippen LogP contribution in [-0.2, 0) is 19.2 Å². The van der Waals surface area contributed by atoms with Gasteiger partial charge in [-0.15, -0.1) is 0 Å². The Kier molecular flexibility index (Phi) is 12.2. The summed E-state index contributed by atoms with van der Waals surface area (Å²) in [6.07, 6.45) is 0.554. The Bertz CT molecular complexity index is 594. The number of carboxylic acid groups (broad SMARTS) is 1. The third-order valence-electron chi connectivity index (χ3n) is 4.44. The van der Waals surface area contributed by atoms with Crippen molar-refractivity contribution in [3.8, 4) is 0 Å². The Morgan fingerprint density at radius 2 is 1.23 bits per heavy atom. The molecule has 0 unspecified atom stereocenters. The minimum atomic E-state index is -1.16. The quantitative estimate of drug-likeness (QED) is 0.231. The van der Waals surface area contributed by atoms with E-state index >= 15 is 0 Å². The highest BCUT2D eigenvalue weighted by molar-refractivity contribution is 5.94. The van der Waals surface area contributed by atoms with Crippen LogP contribution in [0.3, 0.4) is 0 Å². The van der Waals surface area contributed by atoms with Crippen LogP contribution in [0, 0.1) is 17.8 Å². The van der Waals surface area contributed by atoms with Crippen molar-refractivity contribution in [2.24, 2.45) is 23.5 Å². The van der Waals surface area contributed by atoms with Crippen LogP contribution in [0.4, 0.5) is 0 Å². The largest absolute Gasteiger partial charge is 0.480 e. The van der Waals surface area contributed by atoms with E-state index in [1.807, 2.05) is 27.7 Å². The van der Waals surface area contributed by atoms with Crippen LogP contribution in [-0.4, -0.2) is 64.7 Å². The van der Waals surface area contributed by atoms with Crippen molar-refractivity contribution in [3.05, 3.63) is 0 Å². The Balaban J connectivity index is 5.38. The smallest absolute Gasteiger partial charge is 0.326 e. The predicted molar refractivity (Wildman–Crippen MR) is 112 cm³/mol. The van der Waals surface area contributed by atoms with Crippen molar-refractivity contribution in [2.75, 3.05) is 6.61 Å². The fourth-order valence-electron chi connectivity index (χ4n) is 2.81. The lowest BCUT2D eigenvalue weighted by Gasteiger charge is -2.28. The van der Waals surface area contributed by atoms with Crippen LogP contribution in [0.15, 0.2) is 0 Å². The second-order valence-corrected chi connectivity index (χ2v) is 8.74. The van der Waals surface area contributed by atoms with Crippen molar-refractivity contribution in [1.29, 1.82) is 0 Å². The van der Waals surface area contributed by atoms with Crippen molar-refractivity contribution < 1.29 is 29.4 Å². The summed E-state index contributed by atoms with van der Waals surface area (Å²) in [6, 6.07) is -4.16. The molecule has 0 aromatic rings. The minimum Gasteiger partial charge on any atom is -0.480 e. The maximum absolute atomic E-state index is 12.8. The number of hydrogen-bond acceptors (Lipinski definition) is 6. The van der Waals surface area contributed by atoms with Crippen LogP contribution < -0.4 is 21.7 Å². The average molecular weight is 431 g/mol. The van der Waals surface area contributed by atoms with Crippen molar-refractivity contribution in [1.82, 2.24) is 16.0 Å². The number of carboxylic acids is 1. The molecule has 10 heteroatoms. The summed E-state index contributed by atoms with van der Waals surface area (Å²) in [5.41, 5.74) is 5.50. The maximum atomic E-state index is 12.8. The Labute approximate surface area is 178 Å². The number of nitrogens with one attached hydrogen (secondary N) is 3. The summed E-state index contributed by atoms with van der Waals surface area (Å²) in [7, 11) is 0. The van der Waals surface area contributed by atoms with Gasteiger partial charge in [-0.25, -0.2) is 4.79 Å². The number of rotatable bonds is 13. The number of aliphatic hydroxyl groups excluding tert-OH is 1. The lowest BCUT2D eigenvalue weighted by atomic mass is 9.98. The van der Waals surface area contributed by atoms with E-state index in [1.165, 1.54) is 0 Å². The van der Waals surface area contributed by atoms with E-state index in [-0.39, 0.29) is 24.2 Å². The van der Waals surface area contributed by atoms with Crippen LogP contribution in [0.2, 0.25) is 0 Å². The van der Waals surface area contributed by atoms with E-state index in [9.17, 15) is 24.3 Å². The first-order chi connectivity index (χ1) is 13.8. The molecule has 0 radical (unpaired) electrons. The topological polar surface area (TPSA) is 171 Å². The third kappa shape index (κ3) is 10.0. The predicted octanol–water partition coefficient (Wildman–Crippen LogP) is -0.407. The maximum Gasteiger partial charge on any atom is 0.326 e. The Morgan fingerprint density at radius 1 is 0.767 bits per heavy atom. The van der Waals surface area contributed by atoms with Crippen molar-refractivity contribution in [2.45, 2.75) is 78.6 Å². The molecule has 0 saturated carbocycles. The van der Waals surface area contributed by atoms with Crippen molar-refractivity contribution in [3.63, 3.8) is 0 Å². The van der Waals surface area contributed by atoms with Gasteiger partial charge in [0, 0.05) is 0 Å². The normalized spacial score (nSPS) is 15.4. The van der Waals surface area contributed by atoms with E-state index in [2.05, 4.69) is 16.0 Å². The molecule has 10 nitrogen and oxygen atoms in total. The van der Waals surface area contributed by atoms with Crippen LogP contribution in [0.1, 0.15) is 54.4 Å². The van der Waals surface area contributed by atoms with Gasteiger partial charge in [-0.05, 0) is 30.6 Å². The van der Waals surface area contributed by atoms with Gasteiger partial charge in [-0.3, -0.25) is 14.4 Å². The van der Waals surface area contributed by atoms with E-state index < -0.39 is 54.5 Å². The lowest BCUT2D eigenvalue weighted by molar-refractivity contribution is -0.143. The lowest BCUT2D eigenvalue weighted by Crippen LogP contribution is -2.59. The van der Waals surface area contributed by atoms with Crippen LogP contribution in [0.5, 0.6) is 0 Å². The molecule has 0 aromatic carbocycles. The third-order valence-corrected chi connectivity index (χ3v) is 4.44. The highest BCUT2D eigenvalue weighted by atomic mass is 16.4. The Hall–Kier alpha value is -2.20. The van der Waals surface area contributed by atoms with E-state index in [1.54, 1.807) is 13.8 Å². The van der Waals surface area contributed by atoms with Gasteiger partial charge in [0.05, 0.1) is 6.61 Å². The highest BCUT2D eigenvalue weighted by Crippen LogP contribution is 2.10. The second-order valence-electron chi connectivity index (χ2n) is 8.74. The molecule has 0 rings (SSSR count). The minimum absolute atomic E-state index is 0.0554. The molecule has 7 N–H and O–H groups in total. The molecule has 0 spiro atoms. The molecule has 30 heavy (non-hydrogen) atoms. The van der Waals surface area contributed by atoms with Gasteiger partial charge in [-0.1, -0.05) is 41.5 Å². The fourth-order valence-corrected chi connectivity index (χ4v) is 2.81. The van der Waals surface area contributed by atoms with Crippen molar-refractivity contribution >= 4 is 23.7 Å². The number of aliphatic carboxylic acids is 1. The molecule has 0 bridgehead atoms. The summed E-state index contributed by atoms with van der Waals surface area (Å²) in [4.78, 5) is 49.0. The molecule has 0 aliphatic carbocycles. The molecule has 0 saturated heterocycles. The van der Waals surface area contributed by atoms with E-state index in [4.69, 9.17) is 10.8 Å². The molecule has 4 atom stereocenters. The first kappa shape index (κ1) is 27.8. The number of carbonyl (C=O) groups excluding carboxylic acids is 3. The van der Waals surface area contributed by atoms with Gasteiger partial charge in [0.15, 0.2) is 0 Å². The summed E-state index contributed by atoms with van der Waals surface area (Å²) >= 11 is 0. The summed E-state index contributed by atoms with van der Waals surface area (Å²) < 4.78 is 0. The van der Waals surface area contributed by atoms with Crippen LogP contribution in [0.25, 0.3) is 0 Å². The first-order valence-electron chi connectivity index (χ1n) is 10.3. The zero-order valence-electron chi connectivity index (χ0n) is 18.8. The molecule has 0 fully saturated rings. The highest BCUT2D eigenvalue weighted by Gasteiger charge is 2.32. The number of nitrogens with two attached hydrogens (primary N) is 1. The Morgan fingerprint density at radius 3 is 1.63 bits per heavy atom. The molecule has 0 aliphatic heterocycles. The van der Waals surface area contributed by atoms with Crippen LogP contribution >= 0.6 is 0 Å². The average Bonchev–Trinajstić information content (AvgIpc) is 2.62. The van der Waals surface area contributed by atoms with E-state index in [0.29, 0.717) is 6.42 Å². The SMILES string of the molecule is CC(C)C[C@H](NC(=O)[C@@H](NC(=O)[C@H](CC(C)C)NC(=O)[C@@H](N)CO)C(C)C)C(=O)O. The number of hydrogen-bond donors (Lipinski definition) is 6. The molecule has 174 valence electrons.